The van der Waals surface area contributed by atoms with Gasteiger partial charge in [0, 0.05) is 24.7 Å². The number of anilines is 1. The van der Waals surface area contributed by atoms with Crippen LogP contribution in [0.4, 0.5) is 5.69 Å². The van der Waals surface area contributed by atoms with Gasteiger partial charge < -0.3 is 5.32 Å². The minimum Gasteiger partial charge on any atom is -0.384 e. The summed E-state index contributed by atoms with van der Waals surface area (Å²) in [6.45, 7) is 5.71. The number of benzene rings is 3. The third kappa shape index (κ3) is 5.00. The van der Waals surface area contributed by atoms with Gasteiger partial charge in [0.25, 0.3) is 0 Å². The van der Waals surface area contributed by atoms with Crippen LogP contribution in [0.1, 0.15) is 49.7 Å². The number of para-hydroxylation sites is 1. The Hall–Kier alpha value is -2.63. The van der Waals surface area contributed by atoms with Crippen LogP contribution < -0.4 is 10.0 Å². The van der Waals surface area contributed by atoms with Gasteiger partial charge >= 0.3 is 0 Å². The average molecular weight is 435 g/mol. The molecule has 4 nitrogen and oxygen atoms in total. The van der Waals surface area contributed by atoms with E-state index in [1.54, 1.807) is 12.1 Å². The molecule has 2 N–H and O–H groups in total. The zero-order valence-corrected chi connectivity index (χ0v) is 19.0. The molecule has 1 aliphatic rings. The van der Waals surface area contributed by atoms with Crippen LogP contribution in [0.15, 0.2) is 77.7 Å². The van der Waals surface area contributed by atoms with E-state index in [9.17, 15) is 8.42 Å². The van der Waals surface area contributed by atoms with Gasteiger partial charge in [-0.25, -0.2) is 13.1 Å². The van der Waals surface area contributed by atoms with Crippen LogP contribution in [-0.2, 0) is 10.0 Å². The van der Waals surface area contributed by atoms with Gasteiger partial charge in [0.1, 0.15) is 0 Å². The van der Waals surface area contributed by atoms with Crippen molar-refractivity contribution >= 4 is 15.7 Å². The first-order chi connectivity index (χ1) is 14.9. The zero-order valence-electron chi connectivity index (χ0n) is 18.1. The monoisotopic (exact) mass is 434 g/mol. The molecule has 0 fully saturated rings. The Morgan fingerprint density at radius 3 is 2.26 bits per heavy atom. The SMILES string of the molecule is CC(C)c1ccc(-c2ccc(S(=O)(=O)NCCCC3CNc4ccccc43)cc2)cc1. The van der Waals surface area contributed by atoms with Crippen molar-refractivity contribution in [2.24, 2.45) is 0 Å². The molecule has 5 heteroatoms. The molecule has 4 rings (SSSR count). The highest BCUT2D eigenvalue weighted by Crippen LogP contribution is 2.33. The summed E-state index contributed by atoms with van der Waals surface area (Å²) in [6, 6.07) is 23.9. The van der Waals surface area contributed by atoms with E-state index in [0.717, 1.165) is 30.5 Å². The number of hydrogen-bond donors (Lipinski definition) is 2. The minimum atomic E-state index is -3.50. The van der Waals surface area contributed by atoms with Crippen molar-refractivity contribution in [3.05, 3.63) is 83.9 Å². The summed E-state index contributed by atoms with van der Waals surface area (Å²) in [7, 11) is -3.50. The molecule has 0 aliphatic carbocycles. The van der Waals surface area contributed by atoms with Gasteiger partial charge in [-0.1, -0.05) is 68.4 Å². The summed E-state index contributed by atoms with van der Waals surface area (Å²) in [6.07, 6.45) is 1.76. The van der Waals surface area contributed by atoms with Crippen molar-refractivity contribution in [1.29, 1.82) is 0 Å². The summed E-state index contributed by atoms with van der Waals surface area (Å²) in [5.74, 6) is 0.939. The van der Waals surface area contributed by atoms with E-state index in [0.29, 0.717) is 23.3 Å². The maximum atomic E-state index is 12.7. The lowest BCUT2D eigenvalue weighted by molar-refractivity contribution is 0.569. The van der Waals surface area contributed by atoms with Crippen molar-refractivity contribution in [3.8, 4) is 11.1 Å². The Kier molecular flexibility index (Phi) is 6.44. The van der Waals surface area contributed by atoms with E-state index in [2.05, 4.69) is 66.4 Å². The smallest absolute Gasteiger partial charge is 0.240 e. The minimum absolute atomic E-state index is 0.308. The lowest BCUT2D eigenvalue weighted by Crippen LogP contribution is -2.25. The molecule has 1 aliphatic heterocycles. The number of nitrogens with one attached hydrogen (secondary N) is 2. The summed E-state index contributed by atoms with van der Waals surface area (Å²) in [5.41, 5.74) is 5.94. The van der Waals surface area contributed by atoms with Crippen LogP contribution >= 0.6 is 0 Å². The molecule has 3 aromatic rings. The fourth-order valence-corrected chi connectivity index (χ4v) is 5.21. The van der Waals surface area contributed by atoms with Crippen LogP contribution in [0.2, 0.25) is 0 Å². The van der Waals surface area contributed by atoms with Gasteiger partial charge in [0.2, 0.25) is 10.0 Å². The predicted octanol–water partition coefficient (Wildman–Crippen LogP) is 5.74. The highest BCUT2D eigenvalue weighted by Gasteiger charge is 2.21. The quantitative estimate of drug-likeness (QED) is 0.444. The van der Waals surface area contributed by atoms with Crippen molar-refractivity contribution in [1.82, 2.24) is 4.72 Å². The van der Waals surface area contributed by atoms with E-state index >= 15 is 0 Å². The van der Waals surface area contributed by atoms with Gasteiger partial charge in [-0.05, 0) is 59.2 Å². The molecule has 0 saturated carbocycles. The highest BCUT2D eigenvalue weighted by atomic mass is 32.2. The van der Waals surface area contributed by atoms with Crippen LogP contribution in [0.25, 0.3) is 11.1 Å². The lowest BCUT2D eigenvalue weighted by Gasteiger charge is -2.11. The van der Waals surface area contributed by atoms with Crippen LogP contribution in [0.3, 0.4) is 0 Å². The third-order valence-corrected chi connectivity index (χ3v) is 7.51. The standard InChI is InChI=1S/C26H30N2O2S/c1-19(2)20-9-11-21(12-10-20)22-13-15-24(16-14-22)31(29,30)28-17-5-6-23-18-27-26-8-4-3-7-25(23)26/h3-4,7-16,19,23,27-28H,5-6,17-18H2,1-2H3. The molecule has 0 radical (unpaired) electrons. The Morgan fingerprint density at radius 1 is 0.935 bits per heavy atom. The van der Waals surface area contributed by atoms with E-state index in [-0.39, 0.29) is 0 Å². The number of fused-ring (bicyclic) bond motifs is 1. The Balaban J connectivity index is 1.32. The molecular weight excluding hydrogens is 404 g/mol. The molecule has 162 valence electrons. The maximum Gasteiger partial charge on any atom is 0.240 e. The molecule has 0 aromatic heterocycles. The molecule has 3 aromatic carbocycles. The van der Waals surface area contributed by atoms with Crippen molar-refractivity contribution < 1.29 is 8.42 Å². The van der Waals surface area contributed by atoms with E-state index in [1.807, 2.05) is 18.2 Å². The van der Waals surface area contributed by atoms with E-state index in [1.165, 1.54) is 16.8 Å². The Labute approximate surface area is 185 Å². The van der Waals surface area contributed by atoms with Crippen LogP contribution in [0.5, 0.6) is 0 Å². The van der Waals surface area contributed by atoms with Gasteiger partial charge in [-0.3, -0.25) is 0 Å². The van der Waals surface area contributed by atoms with E-state index < -0.39 is 10.0 Å². The molecule has 31 heavy (non-hydrogen) atoms. The highest BCUT2D eigenvalue weighted by molar-refractivity contribution is 7.89. The number of sulfonamides is 1. The second kappa shape index (κ2) is 9.25. The summed E-state index contributed by atoms with van der Waals surface area (Å²) in [4.78, 5) is 0.308. The normalized spacial score (nSPS) is 15.6. The first-order valence-electron chi connectivity index (χ1n) is 11.0. The third-order valence-electron chi connectivity index (χ3n) is 6.04. The zero-order chi connectivity index (χ0) is 21.8. The largest absolute Gasteiger partial charge is 0.384 e. The predicted molar refractivity (Wildman–Crippen MR) is 128 cm³/mol. The fourth-order valence-electron chi connectivity index (χ4n) is 4.14. The topological polar surface area (TPSA) is 58.2 Å². The van der Waals surface area contributed by atoms with Gasteiger partial charge in [0.05, 0.1) is 4.90 Å². The maximum absolute atomic E-state index is 12.7. The molecule has 0 amide bonds. The molecule has 0 bridgehead atoms. The number of hydrogen-bond acceptors (Lipinski definition) is 3. The Morgan fingerprint density at radius 2 is 1.58 bits per heavy atom. The lowest BCUT2D eigenvalue weighted by atomic mass is 9.96. The van der Waals surface area contributed by atoms with E-state index in [4.69, 9.17) is 0 Å². The molecule has 1 atom stereocenters. The van der Waals surface area contributed by atoms with Crippen molar-refractivity contribution in [2.75, 3.05) is 18.4 Å². The summed E-state index contributed by atoms with van der Waals surface area (Å²) < 4.78 is 28.1. The molecular formula is C26H30N2O2S. The Bertz CT molecular complexity index is 1120. The summed E-state index contributed by atoms with van der Waals surface area (Å²) in [5, 5.41) is 3.42. The van der Waals surface area contributed by atoms with Crippen molar-refractivity contribution in [2.45, 2.75) is 43.4 Å². The molecule has 1 heterocycles. The molecule has 0 saturated heterocycles. The first kappa shape index (κ1) is 21.6. The summed E-state index contributed by atoms with van der Waals surface area (Å²) >= 11 is 0. The van der Waals surface area contributed by atoms with Gasteiger partial charge in [-0.2, -0.15) is 0 Å². The van der Waals surface area contributed by atoms with Crippen molar-refractivity contribution in [3.63, 3.8) is 0 Å². The average Bonchev–Trinajstić information content (AvgIpc) is 3.20. The van der Waals surface area contributed by atoms with Gasteiger partial charge in [-0.15, -0.1) is 0 Å². The second-order valence-electron chi connectivity index (χ2n) is 8.51. The second-order valence-corrected chi connectivity index (χ2v) is 10.3. The van der Waals surface area contributed by atoms with Crippen LogP contribution in [0, 0.1) is 0 Å². The van der Waals surface area contributed by atoms with Crippen LogP contribution in [-0.4, -0.2) is 21.5 Å². The molecule has 0 spiro atoms. The first-order valence-corrected chi connectivity index (χ1v) is 12.5. The molecule has 1 unspecified atom stereocenters. The number of rotatable bonds is 8. The fraction of sp³-hybridized carbons (Fsp3) is 0.308. The van der Waals surface area contributed by atoms with Gasteiger partial charge in [0.15, 0.2) is 0 Å².